The lowest BCUT2D eigenvalue weighted by Gasteiger charge is -2.15. The Labute approximate surface area is 91.5 Å². The van der Waals surface area contributed by atoms with E-state index >= 15 is 0 Å². The Morgan fingerprint density at radius 1 is 1.27 bits per heavy atom. The maximum Gasteiger partial charge on any atom is 0.180 e. The minimum Gasteiger partial charge on any atom is -0.321 e. The summed E-state index contributed by atoms with van der Waals surface area (Å²) in [5.41, 5.74) is 8.78. The molecule has 2 N–H and O–H groups in total. The summed E-state index contributed by atoms with van der Waals surface area (Å²) < 4.78 is 0. The molecule has 1 atom stereocenters. The van der Waals surface area contributed by atoms with Crippen molar-refractivity contribution in [2.24, 2.45) is 11.7 Å². The van der Waals surface area contributed by atoms with Crippen LogP contribution >= 0.6 is 0 Å². The van der Waals surface area contributed by atoms with Crippen LogP contribution in [0.5, 0.6) is 0 Å². The molecule has 0 aromatic heterocycles. The monoisotopic (exact) mass is 205 g/mol. The van der Waals surface area contributed by atoms with Crippen LogP contribution in [0.25, 0.3) is 0 Å². The van der Waals surface area contributed by atoms with Crippen LogP contribution in [0.4, 0.5) is 0 Å². The first kappa shape index (κ1) is 11.9. The molecular formula is C13H19NO. The van der Waals surface area contributed by atoms with Gasteiger partial charge in [0.2, 0.25) is 0 Å². The van der Waals surface area contributed by atoms with Gasteiger partial charge in [-0.3, -0.25) is 4.79 Å². The van der Waals surface area contributed by atoms with E-state index in [-0.39, 0.29) is 11.7 Å². The van der Waals surface area contributed by atoms with Crippen molar-refractivity contribution in [3.8, 4) is 0 Å². The van der Waals surface area contributed by atoms with Gasteiger partial charge in [0, 0.05) is 5.56 Å². The van der Waals surface area contributed by atoms with Gasteiger partial charge in [-0.05, 0) is 25.3 Å². The first-order valence-corrected chi connectivity index (χ1v) is 5.30. The molecule has 82 valence electrons. The highest BCUT2D eigenvalue weighted by Crippen LogP contribution is 2.14. The summed E-state index contributed by atoms with van der Waals surface area (Å²) in [5.74, 6) is 0.223. The molecular weight excluding hydrogens is 186 g/mol. The van der Waals surface area contributed by atoms with E-state index in [2.05, 4.69) is 0 Å². The molecule has 1 aromatic rings. The Morgan fingerprint density at radius 2 is 1.87 bits per heavy atom. The highest BCUT2D eigenvalue weighted by Gasteiger charge is 2.20. The smallest absolute Gasteiger partial charge is 0.180 e. The lowest BCUT2D eigenvalue weighted by atomic mass is 9.93. The van der Waals surface area contributed by atoms with E-state index in [1.54, 1.807) is 0 Å². The molecule has 0 saturated heterocycles. The van der Waals surface area contributed by atoms with Crippen LogP contribution in [0, 0.1) is 19.8 Å². The molecule has 0 heterocycles. The number of aryl methyl sites for hydroxylation is 2. The quantitative estimate of drug-likeness (QED) is 0.770. The fourth-order valence-electron chi connectivity index (χ4n) is 1.57. The van der Waals surface area contributed by atoms with Crippen LogP contribution in [0.2, 0.25) is 0 Å². The number of ketones is 1. The van der Waals surface area contributed by atoms with Gasteiger partial charge in [-0.2, -0.15) is 0 Å². The van der Waals surface area contributed by atoms with Crippen molar-refractivity contribution in [1.29, 1.82) is 0 Å². The van der Waals surface area contributed by atoms with Crippen molar-refractivity contribution >= 4 is 5.78 Å². The Hall–Kier alpha value is -1.15. The van der Waals surface area contributed by atoms with Crippen LogP contribution in [0.1, 0.15) is 35.3 Å². The Kier molecular flexibility index (Phi) is 3.64. The largest absolute Gasteiger partial charge is 0.321 e. The minimum absolute atomic E-state index is 0.0440. The second-order valence-corrected chi connectivity index (χ2v) is 4.45. The van der Waals surface area contributed by atoms with Crippen molar-refractivity contribution in [3.05, 3.63) is 34.9 Å². The fourth-order valence-corrected chi connectivity index (χ4v) is 1.57. The van der Waals surface area contributed by atoms with Gasteiger partial charge in [-0.25, -0.2) is 0 Å². The average Bonchev–Trinajstić information content (AvgIpc) is 2.15. The van der Waals surface area contributed by atoms with Crippen molar-refractivity contribution in [2.75, 3.05) is 0 Å². The second kappa shape index (κ2) is 4.58. The molecule has 2 heteroatoms. The molecule has 0 aliphatic heterocycles. The van der Waals surface area contributed by atoms with Gasteiger partial charge in [0.1, 0.15) is 0 Å². The van der Waals surface area contributed by atoms with Crippen molar-refractivity contribution in [3.63, 3.8) is 0 Å². The summed E-state index contributed by atoms with van der Waals surface area (Å²) >= 11 is 0. The zero-order chi connectivity index (χ0) is 11.6. The lowest BCUT2D eigenvalue weighted by molar-refractivity contribution is 0.0940. The number of carbonyl (C=O) groups excluding carboxylic acids is 1. The van der Waals surface area contributed by atoms with E-state index in [4.69, 9.17) is 5.73 Å². The van der Waals surface area contributed by atoms with Crippen LogP contribution in [0.3, 0.4) is 0 Å². The molecule has 0 fully saturated rings. The lowest BCUT2D eigenvalue weighted by Crippen LogP contribution is -2.35. The molecule has 0 saturated carbocycles. The topological polar surface area (TPSA) is 43.1 Å². The predicted octanol–water partition coefficient (Wildman–Crippen LogP) is 2.47. The highest BCUT2D eigenvalue weighted by atomic mass is 16.1. The summed E-state index contributed by atoms with van der Waals surface area (Å²) in [4.78, 5) is 12.0. The molecule has 0 spiro atoms. The number of benzene rings is 1. The molecule has 0 bridgehead atoms. The second-order valence-electron chi connectivity index (χ2n) is 4.45. The number of nitrogens with two attached hydrogens (primary N) is 1. The van der Waals surface area contributed by atoms with Crippen molar-refractivity contribution in [1.82, 2.24) is 0 Å². The van der Waals surface area contributed by atoms with E-state index in [9.17, 15) is 4.79 Å². The average molecular weight is 205 g/mol. The number of Topliss-reactive ketones (excluding diaryl/α,β-unsaturated/α-hetero) is 1. The molecule has 0 aliphatic rings. The van der Waals surface area contributed by atoms with Gasteiger partial charge in [-0.15, -0.1) is 0 Å². The van der Waals surface area contributed by atoms with Gasteiger partial charge in [-0.1, -0.05) is 37.6 Å². The van der Waals surface area contributed by atoms with Crippen LogP contribution in [0.15, 0.2) is 18.2 Å². The summed E-state index contributed by atoms with van der Waals surface area (Å²) in [6.07, 6.45) is 0. The Balaban J connectivity index is 3.01. The number of hydrogen-bond donors (Lipinski definition) is 1. The number of rotatable bonds is 3. The Bertz CT molecular complexity index is 369. The van der Waals surface area contributed by atoms with Gasteiger partial charge in [0.05, 0.1) is 6.04 Å². The highest BCUT2D eigenvalue weighted by molar-refractivity contribution is 6.01. The zero-order valence-corrected chi connectivity index (χ0v) is 9.87. The first-order chi connectivity index (χ1) is 6.93. The van der Waals surface area contributed by atoms with Crippen LogP contribution in [-0.2, 0) is 0 Å². The normalized spacial score (nSPS) is 12.9. The third-order valence-corrected chi connectivity index (χ3v) is 2.67. The Morgan fingerprint density at radius 3 is 2.33 bits per heavy atom. The predicted molar refractivity (Wildman–Crippen MR) is 63.1 cm³/mol. The number of carbonyl (C=O) groups is 1. The minimum atomic E-state index is -0.397. The van der Waals surface area contributed by atoms with Gasteiger partial charge in [0.25, 0.3) is 0 Å². The van der Waals surface area contributed by atoms with E-state index in [0.29, 0.717) is 0 Å². The van der Waals surface area contributed by atoms with Crippen LogP contribution < -0.4 is 5.73 Å². The SMILES string of the molecule is Cc1ccc(C(=O)[C@@H](N)C(C)C)c(C)c1. The summed E-state index contributed by atoms with van der Waals surface area (Å²) in [6, 6.07) is 5.44. The standard InChI is InChI=1S/C13H19NO/c1-8(2)12(14)13(15)11-6-5-9(3)7-10(11)4/h5-8,12H,14H2,1-4H3/t12-/m0/s1. The van der Waals surface area contributed by atoms with Crippen molar-refractivity contribution in [2.45, 2.75) is 33.7 Å². The molecule has 0 aliphatic carbocycles. The molecule has 2 nitrogen and oxygen atoms in total. The van der Waals surface area contributed by atoms with Gasteiger partial charge in [0.15, 0.2) is 5.78 Å². The van der Waals surface area contributed by atoms with Gasteiger partial charge >= 0.3 is 0 Å². The zero-order valence-electron chi connectivity index (χ0n) is 9.87. The molecule has 1 aromatic carbocycles. The maximum atomic E-state index is 12.0. The molecule has 15 heavy (non-hydrogen) atoms. The molecule has 0 radical (unpaired) electrons. The summed E-state index contributed by atoms with van der Waals surface area (Å²) in [6.45, 7) is 7.90. The molecule has 1 rings (SSSR count). The summed E-state index contributed by atoms with van der Waals surface area (Å²) in [5, 5.41) is 0. The van der Waals surface area contributed by atoms with Crippen LogP contribution in [-0.4, -0.2) is 11.8 Å². The fraction of sp³-hybridized carbons (Fsp3) is 0.462. The van der Waals surface area contributed by atoms with E-state index in [1.807, 2.05) is 45.9 Å². The van der Waals surface area contributed by atoms with Crippen molar-refractivity contribution < 1.29 is 4.79 Å². The third kappa shape index (κ3) is 2.66. The van der Waals surface area contributed by atoms with E-state index in [1.165, 1.54) is 5.56 Å². The third-order valence-electron chi connectivity index (χ3n) is 2.67. The maximum absolute atomic E-state index is 12.0. The van der Waals surface area contributed by atoms with E-state index < -0.39 is 6.04 Å². The van der Waals surface area contributed by atoms with E-state index in [0.717, 1.165) is 11.1 Å². The van der Waals surface area contributed by atoms with Gasteiger partial charge < -0.3 is 5.73 Å². The molecule has 0 unspecified atom stereocenters. The molecule has 0 amide bonds. The first-order valence-electron chi connectivity index (χ1n) is 5.30. The number of hydrogen-bond acceptors (Lipinski definition) is 2. The summed E-state index contributed by atoms with van der Waals surface area (Å²) in [7, 11) is 0.